The van der Waals surface area contributed by atoms with Gasteiger partial charge in [0.15, 0.2) is 5.96 Å². The lowest BCUT2D eigenvalue weighted by Crippen LogP contribution is -2.41. The number of carbonyl (C=O) groups is 1. The number of nitrogens with one attached hydrogen (secondary N) is 3. The van der Waals surface area contributed by atoms with Crippen molar-refractivity contribution in [3.05, 3.63) is 16.1 Å². The molecule has 22 heavy (non-hydrogen) atoms. The summed E-state index contributed by atoms with van der Waals surface area (Å²) in [6, 6.07) is 0. The van der Waals surface area contributed by atoms with Gasteiger partial charge in [-0.05, 0) is 26.7 Å². The van der Waals surface area contributed by atoms with Crippen molar-refractivity contribution in [2.45, 2.75) is 33.2 Å². The van der Waals surface area contributed by atoms with Gasteiger partial charge in [0.25, 0.3) is 0 Å². The summed E-state index contributed by atoms with van der Waals surface area (Å²) in [5.74, 6) is 1.20. The monoisotopic (exact) mass is 437 g/mol. The number of aryl methyl sites for hydroxylation is 1. The Morgan fingerprint density at radius 3 is 2.68 bits per heavy atom. The second-order valence-corrected chi connectivity index (χ2v) is 6.37. The number of guanidine groups is 1. The summed E-state index contributed by atoms with van der Waals surface area (Å²) in [6.45, 7) is 6.73. The van der Waals surface area contributed by atoms with Gasteiger partial charge >= 0.3 is 0 Å². The Morgan fingerprint density at radius 2 is 2.09 bits per heavy atom. The van der Waals surface area contributed by atoms with Gasteiger partial charge in [0.2, 0.25) is 5.91 Å². The molecule has 0 saturated heterocycles. The van der Waals surface area contributed by atoms with Gasteiger partial charge in [-0.25, -0.2) is 9.98 Å². The largest absolute Gasteiger partial charge is 0.357 e. The number of hydrogen-bond acceptors (Lipinski definition) is 4. The quantitative estimate of drug-likeness (QED) is 0.263. The highest BCUT2D eigenvalue weighted by Gasteiger charge is 2.28. The number of hydrogen-bond donors (Lipinski definition) is 3. The summed E-state index contributed by atoms with van der Waals surface area (Å²) in [6.07, 6.45) is 3.94. The van der Waals surface area contributed by atoms with Crippen molar-refractivity contribution < 1.29 is 4.79 Å². The zero-order valence-electron chi connectivity index (χ0n) is 13.0. The lowest BCUT2D eigenvalue weighted by Gasteiger charge is -2.11. The molecular formula is C14H24IN5OS. The van der Waals surface area contributed by atoms with Crippen LogP contribution in [-0.4, -0.2) is 36.5 Å². The molecule has 124 valence electrons. The molecule has 2 rings (SSSR count). The van der Waals surface area contributed by atoms with Crippen molar-refractivity contribution in [1.82, 2.24) is 20.9 Å². The fraction of sp³-hybridized carbons (Fsp3) is 0.643. The van der Waals surface area contributed by atoms with E-state index < -0.39 is 0 Å². The van der Waals surface area contributed by atoms with E-state index in [9.17, 15) is 4.79 Å². The molecule has 1 aromatic rings. The van der Waals surface area contributed by atoms with E-state index >= 15 is 0 Å². The molecule has 1 saturated carbocycles. The minimum atomic E-state index is 0. The molecule has 0 aliphatic heterocycles. The van der Waals surface area contributed by atoms with E-state index in [0.717, 1.165) is 30.4 Å². The molecule has 0 radical (unpaired) electrons. The first-order chi connectivity index (χ1) is 10.2. The predicted molar refractivity (Wildman–Crippen MR) is 101 cm³/mol. The van der Waals surface area contributed by atoms with Crippen molar-refractivity contribution >= 4 is 47.2 Å². The Balaban J connectivity index is 0.00000242. The van der Waals surface area contributed by atoms with Gasteiger partial charge in [0, 0.05) is 36.6 Å². The van der Waals surface area contributed by atoms with Crippen molar-refractivity contribution in [3.8, 4) is 0 Å². The summed E-state index contributed by atoms with van der Waals surface area (Å²) in [4.78, 5) is 21.5. The van der Waals surface area contributed by atoms with Crippen LogP contribution in [0.4, 0.5) is 0 Å². The standard InChI is InChI=1S/C14H23N5OS.HI/c1-3-15-14(19-9-12-18-8-10(2)21-12)17-7-6-16-13(20)11-4-5-11;/h8,11H,3-7,9H2,1-2H3,(H,16,20)(H2,15,17,19);1H. The summed E-state index contributed by atoms with van der Waals surface area (Å²) in [7, 11) is 0. The molecule has 1 aliphatic carbocycles. The first-order valence-corrected chi connectivity index (χ1v) is 8.22. The van der Waals surface area contributed by atoms with Crippen LogP contribution in [0.1, 0.15) is 29.7 Å². The Hall–Kier alpha value is -0.900. The molecule has 0 bridgehead atoms. The molecule has 1 amide bonds. The molecule has 8 heteroatoms. The highest BCUT2D eigenvalue weighted by Crippen LogP contribution is 2.28. The third-order valence-corrected chi connectivity index (χ3v) is 3.95. The second-order valence-electron chi connectivity index (χ2n) is 5.05. The third-order valence-electron chi connectivity index (χ3n) is 3.05. The van der Waals surface area contributed by atoms with Gasteiger partial charge < -0.3 is 16.0 Å². The second kappa shape index (κ2) is 9.98. The first kappa shape index (κ1) is 19.1. The van der Waals surface area contributed by atoms with Gasteiger partial charge in [0.05, 0.1) is 6.54 Å². The molecule has 1 fully saturated rings. The molecule has 0 unspecified atom stereocenters. The lowest BCUT2D eigenvalue weighted by molar-refractivity contribution is -0.122. The molecule has 1 aromatic heterocycles. The minimum Gasteiger partial charge on any atom is -0.357 e. The van der Waals surface area contributed by atoms with E-state index in [1.54, 1.807) is 11.3 Å². The maximum absolute atomic E-state index is 11.5. The molecule has 0 aromatic carbocycles. The van der Waals surface area contributed by atoms with Gasteiger partial charge in [-0.2, -0.15) is 0 Å². The van der Waals surface area contributed by atoms with E-state index in [-0.39, 0.29) is 35.8 Å². The van der Waals surface area contributed by atoms with Crippen molar-refractivity contribution in [2.75, 3.05) is 19.6 Å². The summed E-state index contributed by atoms with van der Waals surface area (Å²) in [5, 5.41) is 10.3. The molecule has 0 atom stereocenters. The van der Waals surface area contributed by atoms with E-state index in [2.05, 4.69) is 25.9 Å². The van der Waals surface area contributed by atoms with E-state index in [1.165, 1.54) is 4.88 Å². The number of rotatable bonds is 7. The van der Waals surface area contributed by atoms with E-state index in [0.29, 0.717) is 19.6 Å². The third kappa shape index (κ3) is 6.91. The number of aliphatic imine (C=N–C) groups is 1. The predicted octanol–water partition coefficient (Wildman–Crippen LogP) is 1.65. The van der Waals surface area contributed by atoms with Crippen molar-refractivity contribution in [2.24, 2.45) is 10.9 Å². The van der Waals surface area contributed by atoms with Crippen LogP contribution >= 0.6 is 35.3 Å². The van der Waals surface area contributed by atoms with Crippen LogP contribution in [0, 0.1) is 12.8 Å². The smallest absolute Gasteiger partial charge is 0.223 e. The summed E-state index contributed by atoms with van der Waals surface area (Å²) in [5.41, 5.74) is 0. The number of amides is 1. The maximum atomic E-state index is 11.5. The fourth-order valence-electron chi connectivity index (χ4n) is 1.82. The average Bonchev–Trinajstić information content (AvgIpc) is 3.24. The summed E-state index contributed by atoms with van der Waals surface area (Å²) < 4.78 is 0. The molecule has 1 aliphatic rings. The molecule has 3 N–H and O–H groups in total. The number of nitrogens with zero attached hydrogens (tertiary/aromatic N) is 2. The van der Waals surface area contributed by atoms with Crippen LogP contribution < -0.4 is 16.0 Å². The fourth-order valence-corrected chi connectivity index (χ4v) is 2.53. The van der Waals surface area contributed by atoms with Crippen LogP contribution in [0.15, 0.2) is 11.2 Å². The van der Waals surface area contributed by atoms with Gasteiger partial charge in [-0.3, -0.25) is 4.79 Å². The Labute approximate surface area is 152 Å². The Bertz CT molecular complexity index is 501. The molecule has 1 heterocycles. The zero-order valence-corrected chi connectivity index (χ0v) is 16.2. The highest BCUT2D eigenvalue weighted by molar-refractivity contribution is 14.0. The van der Waals surface area contributed by atoms with Gasteiger partial charge in [0.1, 0.15) is 5.01 Å². The van der Waals surface area contributed by atoms with Gasteiger partial charge in [-0.1, -0.05) is 0 Å². The molecule has 6 nitrogen and oxygen atoms in total. The van der Waals surface area contributed by atoms with E-state index in [4.69, 9.17) is 0 Å². The van der Waals surface area contributed by atoms with Gasteiger partial charge in [-0.15, -0.1) is 35.3 Å². The average molecular weight is 437 g/mol. The van der Waals surface area contributed by atoms with Crippen LogP contribution in [0.2, 0.25) is 0 Å². The molecular weight excluding hydrogens is 413 g/mol. The Kier molecular flexibility index (Phi) is 8.69. The minimum absolute atomic E-state index is 0. The van der Waals surface area contributed by atoms with Crippen LogP contribution in [-0.2, 0) is 11.3 Å². The van der Waals surface area contributed by atoms with E-state index in [1.807, 2.05) is 20.0 Å². The Morgan fingerprint density at radius 1 is 1.36 bits per heavy atom. The van der Waals surface area contributed by atoms with Crippen LogP contribution in [0.3, 0.4) is 0 Å². The zero-order chi connectivity index (χ0) is 15.1. The number of thiazole rings is 1. The molecule has 0 spiro atoms. The highest BCUT2D eigenvalue weighted by atomic mass is 127. The number of aromatic nitrogens is 1. The number of carbonyl (C=O) groups excluding carboxylic acids is 1. The topological polar surface area (TPSA) is 78.4 Å². The lowest BCUT2D eigenvalue weighted by atomic mass is 10.4. The SMILES string of the molecule is CCNC(=NCc1ncc(C)s1)NCCNC(=O)C1CC1.I. The first-order valence-electron chi connectivity index (χ1n) is 7.40. The van der Waals surface area contributed by atoms with Crippen molar-refractivity contribution in [1.29, 1.82) is 0 Å². The van der Waals surface area contributed by atoms with Crippen LogP contribution in [0.5, 0.6) is 0 Å². The number of halogens is 1. The summed E-state index contributed by atoms with van der Waals surface area (Å²) >= 11 is 1.66. The normalized spacial score (nSPS) is 14.2. The maximum Gasteiger partial charge on any atom is 0.223 e. The van der Waals surface area contributed by atoms with Crippen LogP contribution in [0.25, 0.3) is 0 Å². The van der Waals surface area contributed by atoms with Crippen molar-refractivity contribution in [3.63, 3.8) is 0 Å².